The minimum absolute atomic E-state index is 0.0384. The zero-order valence-corrected chi connectivity index (χ0v) is 10.7. The van der Waals surface area contributed by atoms with Crippen LogP contribution in [0.4, 0.5) is 13.2 Å². The molecule has 0 saturated carbocycles. The molecule has 0 fully saturated rings. The topological polar surface area (TPSA) is 49.3 Å². The van der Waals surface area contributed by atoms with E-state index in [9.17, 15) is 18.0 Å². The van der Waals surface area contributed by atoms with Gasteiger partial charge in [0.2, 0.25) is 0 Å². The first-order valence-electron chi connectivity index (χ1n) is 5.86. The minimum Gasteiger partial charge on any atom is -0.393 e. The number of aryl methyl sites for hydroxylation is 1. The van der Waals surface area contributed by atoms with E-state index in [1.54, 1.807) is 6.92 Å². The van der Waals surface area contributed by atoms with Crippen LogP contribution in [0.5, 0.6) is 0 Å². The molecule has 0 radical (unpaired) electrons. The summed E-state index contributed by atoms with van der Waals surface area (Å²) in [6.07, 6.45) is -4.69. The Morgan fingerprint density at radius 2 is 2.05 bits per heavy atom. The van der Waals surface area contributed by atoms with Crippen LogP contribution >= 0.6 is 0 Å². The van der Waals surface area contributed by atoms with E-state index in [0.29, 0.717) is 6.42 Å². The fourth-order valence-corrected chi connectivity index (χ4v) is 1.57. The van der Waals surface area contributed by atoms with Gasteiger partial charge >= 0.3 is 6.18 Å². The Morgan fingerprint density at radius 3 is 2.58 bits per heavy atom. The van der Waals surface area contributed by atoms with Gasteiger partial charge in [-0.3, -0.25) is 4.79 Å². The van der Waals surface area contributed by atoms with Crippen molar-refractivity contribution in [2.24, 2.45) is 0 Å². The van der Waals surface area contributed by atoms with Crippen LogP contribution in [0, 0.1) is 6.92 Å². The molecule has 3 nitrogen and oxygen atoms in total. The number of alkyl halides is 3. The Labute approximate surface area is 109 Å². The summed E-state index contributed by atoms with van der Waals surface area (Å²) in [6.45, 7) is 3.13. The highest BCUT2D eigenvalue weighted by atomic mass is 19.4. The Balaban J connectivity index is 2.82. The Kier molecular flexibility index (Phi) is 4.94. The third-order valence-electron chi connectivity index (χ3n) is 2.65. The van der Waals surface area contributed by atoms with Gasteiger partial charge in [0.25, 0.3) is 5.91 Å². The molecule has 1 rings (SSSR count). The lowest BCUT2D eigenvalue weighted by Gasteiger charge is -2.12. The smallest absolute Gasteiger partial charge is 0.393 e. The van der Waals surface area contributed by atoms with Crippen LogP contribution in [0.25, 0.3) is 0 Å². The summed E-state index contributed by atoms with van der Waals surface area (Å²) in [5.74, 6) is -0.578. The van der Waals surface area contributed by atoms with Crippen molar-refractivity contribution in [3.63, 3.8) is 0 Å². The number of aliphatic hydroxyl groups excluding tert-OH is 1. The standard InChI is InChI=1S/C13H16F3NO2/c1-8-3-4-10(7-11(8)13(14,15)16)12(19)17-6-5-9(2)18/h3-4,7,9,18H,5-6H2,1-2H3,(H,17,19). The van der Waals surface area contributed by atoms with Crippen molar-refractivity contribution >= 4 is 5.91 Å². The van der Waals surface area contributed by atoms with Gasteiger partial charge in [-0.25, -0.2) is 0 Å². The van der Waals surface area contributed by atoms with Crippen LogP contribution in [0.2, 0.25) is 0 Å². The lowest BCUT2D eigenvalue weighted by atomic mass is 10.0. The molecule has 0 heterocycles. The molecule has 0 aromatic heterocycles. The zero-order valence-electron chi connectivity index (χ0n) is 10.7. The minimum atomic E-state index is -4.47. The Hall–Kier alpha value is -1.56. The Bertz CT molecular complexity index is 456. The number of carbonyl (C=O) groups is 1. The second-order valence-electron chi connectivity index (χ2n) is 4.42. The average molecular weight is 275 g/mol. The van der Waals surface area contributed by atoms with Crippen molar-refractivity contribution < 1.29 is 23.1 Å². The summed E-state index contributed by atoms with van der Waals surface area (Å²) in [5.41, 5.74) is -0.771. The van der Waals surface area contributed by atoms with Crippen LogP contribution < -0.4 is 5.32 Å². The first-order chi connectivity index (χ1) is 8.71. The van der Waals surface area contributed by atoms with Crippen molar-refractivity contribution in [1.82, 2.24) is 5.32 Å². The zero-order chi connectivity index (χ0) is 14.6. The fourth-order valence-electron chi connectivity index (χ4n) is 1.57. The first kappa shape index (κ1) is 15.5. The second kappa shape index (κ2) is 6.06. The maximum absolute atomic E-state index is 12.7. The van der Waals surface area contributed by atoms with Gasteiger partial charge in [-0.15, -0.1) is 0 Å². The average Bonchev–Trinajstić information content (AvgIpc) is 2.27. The third kappa shape index (κ3) is 4.55. The van der Waals surface area contributed by atoms with Crippen molar-refractivity contribution in [3.8, 4) is 0 Å². The highest BCUT2D eigenvalue weighted by Crippen LogP contribution is 2.32. The predicted octanol–water partition coefficient (Wildman–Crippen LogP) is 2.51. The van der Waals surface area contributed by atoms with E-state index in [1.165, 1.54) is 19.1 Å². The number of carbonyl (C=O) groups excluding carboxylic acids is 1. The van der Waals surface area contributed by atoms with Crippen LogP contribution in [0.15, 0.2) is 18.2 Å². The number of aliphatic hydroxyl groups is 1. The lowest BCUT2D eigenvalue weighted by Crippen LogP contribution is -2.26. The van der Waals surface area contributed by atoms with Gasteiger partial charge < -0.3 is 10.4 Å². The quantitative estimate of drug-likeness (QED) is 0.887. The largest absolute Gasteiger partial charge is 0.416 e. The number of hydrogen-bond donors (Lipinski definition) is 2. The molecule has 1 amide bonds. The van der Waals surface area contributed by atoms with E-state index >= 15 is 0 Å². The summed E-state index contributed by atoms with van der Waals surface area (Å²) in [4.78, 5) is 11.7. The van der Waals surface area contributed by atoms with E-state index in [0.717, 1.165) is 6.07 Å². The summed E-state index contributed by atoms with van der Waals surface area (Å²) >= 11 is 0. The molecule has 0 aliphatic carbocycles. The van der Waals surface area contributed by atoms with Gasteiger partial charge in [0.1, 0.15) is 0 Å². The van der Waals surface area contributed by atoms with E-state index in [1.807, 2.05) is 0 Å². The van der Waals surface area contributed by atoms with E-state index in [2.05, 4.69) is 5.32 Å². The van der Waals surface area contributed by atoms with Crippen molar-refractivity contribution in [2.75, 3.05) is 6.54 Å². The molecule has 1 aromatic rings. The second-order valence-corrected chi connectivity index (χ2v) is 4.42. The number of rotatable bonds is 4. The molecule has 2 N–H and O–H groups in total. The van der Waals surface area contributed by atoms with Gasteiger partial charge in [0, 0.05) is 12.1 Å². The predicted molar refractivity (Wildman–Crippen MR) is 64.8 cm³/mol. The van der Waals surface area contributed by atoms with E-state index in [-0.39, 0.29) is 17.7 Å². The molecule has 6 heteroatoms. The molecule has 0 spiro atoms. The summed E-state index contributed by atoms with van der Waals surface area (Å²) in [7, 11) is 0. The first-order valence-corrected chi connectivity index (χ1v) is 5.86. The highest BCUT2D eigenvalue weighted by molar-refractivity contribution is 5.94. The molecule has 0 aliphatic heterocycles. The van der Waals surface area contributed by atoms with Crippen LogP contribution in [-0.4, -0.2) is 23.7 Å². The van der Waals surface area contributed by atoms with E-state index in [4.69, 9.17) is 5.11 Å². The summed E-state index contributed by atoms with van der Waals surface area (Å²) in [5, 5.41) is 11.5. The molecular weight excluding hydrogens is 259 g/mol. The lowest BCUT2D eigenvalue weighted by molar-refractivity contribution is -0.138. The molecular formula is C13H16F3NO2. The number of hydrogen-bond acceptors (Lipinski definition) is 2. The van der Waals surface area contributed by atoms with Gasteiger partial charge in [0.15, 0.2) is 0 Å². The number of amides is 1. The maximum Gasteiger partial charge on any atom is 0.416 e. The van der Waals surface area contributed by atoms with Gasteiger partial charge in [-0.2, -0.15) is 13.2 Å². The van der Waals surface area contributed by atoms with Crippen molar-refractivity contribution in [3.05, 3.63) is 34.9 Å². The number of benzene rings is 1. The van der Waals surface area contributed by atoms with Crippen LogP contribution in [0.1, 0.15) is 34.8 Å². The van der Waals surface area contributed by atoms with Crippen LogP contribution in [-0.2, 0) is 6.18 Å². The molecule has 0 aliphatic rings. The fraction of sp³-hybridized carbons (Fsp3) is 0.462. The molecule has 0 bridgehead atoms. The number of halogens is 3. The van der Waals surface area contributed by atoms with Gasteiger partial charge in [-0.05, 0) is 38.0 Å². The van der Waals surface area contributed by atoms with Gasteiger partial charge in [-0.1, -0.05) is 6.07 Å². The SMILES string of the molecule is Cc1ccc(C(=O)NCCC(C)O)cc1C(F)(F)F. The van der Waals surface area contributed by atoms with Gasteiger partial charge in [0.05, 0.1) is 11.7 Å². The normalized spacial score (nSPS) is 13.2. The molecule has 106 valence electrons. The van der Waals surface area contributed by atoms with Crippen molar-refractivity contribution in [2.45, 2.75) is 32.5 Å². The number of nitrogens with one attached hydrogen (secondary N) is 1. The third-order valence-corrected chi connectivity index (χ3v) is 2.65. The summed E-state index contributed by atoms with van der Waals surface area (Å²) in [6, 6.07) is 3.46. The molecule has 1 aromatic carbocycles. The van der Waals surface area contributed by atoms with Crippen LogP contribution in [0.3, 0.4) is 0 Å². The summed E-state index contributed by atoms with van der Waals surface area (Å²) < 4.78 is 38.1. The molecule has 19 heavy (non-hydrogen) atoms. The molecule has 1 atom stereocenters. The van der Waals surface area contributed by atoms with Crippen molar-refractivity contribution in [1.29, 1.82) is 0 Å². The monoisotopic (exact) mass is 275 g/mol. The highest BCUT2D eigenvalue weighted by Gasteiger charge is 2.32. The molecule has 0 saturated heterocycles. The molecule has 1 unspecified atom stereocenters. The Morgan fingerprint density at radius 1 is 1.42 bits per heavy atom. The maximum atomic E-state index is 12.7. The van der Waals surface area contributed by atoms with E-state index < -0.39 is 23.8 Å².